The van der Waals surface area contributed by atoms with Gasteiger partial charge in [-0.15, -0.1) is 24.0 Å². The number of amides is 1. The molecular formula is C22H36FIN4O2. The van der Waals surface area contributed by atoms with Gasteiger partial charge in [-0.2, -0.15) is 0 Å². The molecule has 1 atom stereocenters. The number of aliphatic imine (C=N–C) groups is 1. The van der Waals surface area contributed by atoms with Gasteiger partial charge in [-0.25, -0.2) is 4.39 Å². The van der Waals surface area contributed by atoms with Crippen LogP contribution in [-0.2, 0) is 4.79 Å². The van der Waals surface area contributed by atoms with Gasteiger partial charge in [0.1, 0.15) is 0 Å². The van der Waals surface area contributed by atoms with Crippen LogP contribution in [0.4, 0.5) is 4.39 Å². The third-order valence-electron chi connectivity index (χ3n) is 4.91. The van der Waals surface area contributed by atoms with Crippen LogP contribution < -0.4 is 20.7 Å². The van der Waals surface area contributed by atoms with E-state index >= 15 is 0 Å². The molecule has 0 bridgehead atoms. The molecule has 0 saturated heterocycles. The second-order valence-electron chi connectivity index (χ2n) is 8.25. The summed E-state index contributed by atoms with van der Waals surface area (Å²) in [7, 11) is 0. The highest BCUT2D eigenvalue weighted by Crippen LogP contribution is 2.30. The normalized spacial score (nSPS) is 15.1. The largest absolute Gasteiger partial charge is 0.490 e. The van der Waals surface area contributed by atoms with E-state index in [-0.39, 0.29) is 41.7 Å². The molecule has 1 saturated carbocycles. The first-order chi connectivity index (χ1) is 13.8. The molecule has 0 aliphatic heterocycles. The molecule has 30 heavy (non-hydrogen) atoms. The van der Waals surface area contributed by atoms with Crippen molar-refractivity contribution in [3.05, 3.63) is 29.6 Å². The minimum Gasteiger partial charge on any atom is -0.490 e. The SMILES string of the molecule is CCNC(=O)C(C)(C)CN=C(NCC)NC(C)c1ccc(OCC2CC2)c(F)c1.I. The number of rotatable bonds is 10. The molecule has 0 spiro atoms. The topological polar surface area (TPSA) is 74.8 Å². The lowest BCUT2D eigenvalue weighted by Crippen LogP contribution is -2.42. The van der Waals surface area contributed by atoms with E-state index in [1.165, 1.54) is 18.9 Å². The summed E-state index contributed by atoms with van der Waals surface area (Å²) >= 11 is 0. The van der Waals surface area contributed by atoms with Crippen LogP contribution >= 0.6 is 24.0 Å². The van der Waals surface area contributed by atoms with Gasteiger partial charge in [0.05, 0.1) is 24.6 Å². The molecule has 1 fully saturated rings. The number of nitrogens with zero attached hydrogens (tertiary/aromatic N) is 1. The fraction of sp³-hybridized carbons (Fsp3) is 0.636. The number of nitrogens with one attached hydrogen (secondary N) is 3. The van der Waals surface area contributed by atoms with E-state index in [0.717, 1.165) is 5.56 Å². The van der Waals surface area contributed by atoms with Crippen molar-refractivity contribution in [3.8, 4) is 5.75 Å². The van der Waals surface area contributed by atoms with Crippen LogP contribution in [-0.4, -0.2) is 38.1 Å². The minimum absolute atomic E-state index is 0. The lowest BCUT2D eigenvalue weighted by molar-refractivity contribution is -0.128. The Morgan fingerprint density at radius 1 is 1.27 bits per heavy atom. The maximum Gasteiger partial charge on any atom is 0.227 e. The summed E-state index contributed by atoms with van der Waals surface area (Å²) in [6.45, 7) is 11.7. The second kappa shape index (κ2) is 12.3. The summed E-state index contributed by atoms with van der Waals surface area (Å²) in [6.07, 6.45) is 2.34. The van der Waals surface area contributed by atoms with Crippen LogP contribution in [0.2, 0.25) is 0 Å². The number of carbonyl (C=O) groups is 1. The zero-order chi connectivity index (χ0) is 21.4. The quantitative estimate of drug-likeness (QED) is 0.241. The molecule has 0 aromatic heterocycles. The maximum absolute atomic E-state index is 14.4. The van der Waals surface area contributed by atoms with Gasteiger partial charge in [0.15, 0.2) is 17.5 Å². The molecule has 1 unspecified atom stereocenters. The van der Waals surface area contributed by atoms with Crippen LogP contribution in [0.25, 0.3) is 0 Å². The van der Waals surface area contributed by atoms with Crippen molar-refractivity contribution in [2.75, 3.05) is 26.2 Å². The van der Waals surface area contributed by atoms with E-state index in [1.807, 2.05) is 40.7 Å². The Morgan fingerprint density at radius 3 is 2.50 bits per heavy atom. The molecule has 1 aliphatic rings. The van der Waals surface area contributed by atoms with Crippen LogP contribution in [0.3, 0.4) is 0 Å². The van der Waals surface area contributed by atoms with E-state index < -0.39 is 5.41 Å². The number of benzene rings is 1. The molecule has 0 radical (unpaired) electrons. The first-order valence-electron chi connectivity index (χ1n) is 10.5. The van der Waals surface area contributed by atoms with E-state index in [1.54, 1.807) is 6.07 Å². The molecule has 0 heterocycles. The highest BCUT2D eigenvalue weighted by Gasteiger charge is 2.27. The molecular weight excluding hydrogens is 498 g/mol. The number of halogens is 2. The van der Waals surface area contributed by atoms with Crippen molar-refractivity contribution in [1.29, 1.82) is 0 Å². The first kappa shape index (κ1) is 26.5. The highest BCUT2D eigenvalue weighted by molar-refractivity contribution is 14.0. The Morgan fingerprint density at radius 2 is 1.93 bits per heavy atom. The minimum atomic E-state index is -0.617. The summed E-state index contributed by atoms with van der Waals surface area (Å²) in [5, 5.41) is 9.30. The molecule has 1 aromatic carbocycles. The highest BCUT2D eigenvalue weighted by atomic mass is 127. The molecule has 1 aliphatic carbocycles. The molecule has 8 heteroatoms. The summed E-state index contributed by atoms with van der Waals surface area (Å²) in [6, 6.07) is 4.90. The van der Waals surface area contributed by atoms with Crippen molar-refractivity contribution < 1.29 is 13.9 Å². The fourth-order valence-electron chi connectivity index (χ4n) is 2.75. The number of guanidine groups is 1. The fourth-order valence-corrected chi connectivity index (χ4v) is 2.75. The molecule has 3 N–H and O–H groups in total. The molecule has 1 amide bonds. The summed E-state index contributed by atoms with van der Waals surface area (Å²) in [5.74, 6) is 1.09. The number of hydrogen-bond acceptors (Lipinski definition) is 3. The second-order valence-corrected chi connectivity index (χ2v) is 8.25. The average Bonchev–Trinajstić information content (AvgIpc) is 3.50. The Balaban J connectivity index is 0.00000450. The van der Waals surface area contributed by atoms with Gasteiger partial charge in [0.2, 0.25) is 5.91 Å². The monoisotopic (exact) mass is 534 g/mol. The van der Waals surface area contributed by atoms with E-state index in [9.17, 15) is 9.18 Å². The predicted molar refractivity (Wildman–Crippen MR) is 130 cm³/mol. The zero-order valence-corrected chi connectivity index (χ0v) is 21.0. The smallest absolute Gasteiger partial charge is 0.227 e. The maximum atomic E-state index is 14.4. The summed E-state index contributed by atoms with van der Waals surface area (Å²) in [5.41, 5.74) is 0.184. The van der Waals surface area contributed by atoms with Crippen molar-refractivity contribution in [3.63, 3.8) is 0 Å². The third-order valence-corrected chi connectivity index (χ3v) is 4.91. The van der Waals surface area contributed by atoms with Crippen LogP contribution in [0.1, 0.15) is 59.1 Å². The summed E-state index contributed by atoms with van der Waals surface area (Å²) in [4.78, 5) is 16.7. The molecule has 6 nitrogen and oxygen atoms in total. The van der Waals surface area contributed by atoms with E-state index in [0.29, 0.717) is 43.9 Å². The number of ether oxygens (including phenoxy) is 1. The van der Waals surface area contributed by atoms with Gasteiger partial charge in [0.25, 0.3) is 0 Å². The summed E-state index contributed by atoms with van der Waals surface area (Å²) < 4.78 is 20.0. The number of carbonyl (C=O) groups excluding carboxylic acids is 1. The van der Waals surface area contributed by atoms with Gasteiger partial charge < -0.3 is 20.7 Å². The van der Waals surface area contributed by atoms with Crippen molar-refractivity contribution in [1.82, 2.24) is 16.0 Å². The Labute approximate surface area is 196 Å². The lowest BCUT2D eigenvalue weighted by Gasteiger charge is -2.23. The lowest BCUT2D eigenvalue weighted by atomic mass is 9.92. The van der Waals surface area contributed by atoms with E-state index in [2.05, 4.69) is 20.9 Å². The first-order valence-corrected chi connectivity index (χ1v) is 10.5. The van der Waals surface area contributed by atoms with Gasteiger partial charge in [-0.3, -0.25) is 9.79 Å². The predicted octanol–water partition coefficient (Wildman–Crippen LogP) is 4.01. The van der Waals surface area contributed by atoms with Crippen molar-refractivity contribution >= 4 is 35.8 Å². The van der Waals surface area contributed by atoms with Crippen LogP contribution in [0.15, 0.2) is 23.2 Å². The Kier molecular flexibility index (Phi) is 10.9. The molecule has 170 valence electrons. The van der Waals surface area contributed by atoms with Crippen molar-refractivity contribution in [2.45, 2.75) is 53.5 Å². The standard InChI is InChI=1S/C22H35FN4O2.HI/c1-6-24-20(28)22(4,5)14-26-21(25-7-2)27-15(3)17-10-11-19(18(23)12-17)29-13-16-8-9-16;/h10-12,15-16H,6-9,13-14H2,1-5H3,(H,24,28)(H2,25,26,27);1H. The average molecular weight is 534 g/mol. The van der Waals surface area contributed by atoms with Gasteiger partial charge >= 0.3 is 0 Å². The Bertz CT molecular complexity index is 723. The van der Waals surface area contributed by atoms with Gasteiger partial charge in [-0.05, 0) is 71.1 Å². The van der Waals surface area contributed by atoms with Gasteiger partial charge in [0, 0.05) is 13.1 Å². The Hall–Kier alpha value is -1.58. The molecule has 2 rings (SSSR count). The van der Waals surface area contributed by atoms with Crippen molar-refractivity contribution in [2.24, 2.45) is 16.3 Å². The number of hydrogen-bond donors (Lipinski definition) is 3. The molecule has 1 aromatic rings. The third kappa shape index (κ3) is 8.28. The van der Waals surface area contributed by atoms with Crippen LogP contribution in [0.5, 0.6) is 5.75 Å². The van der Waals surface area contributed by atoms with Crippen LogP contribution in [0, 0.1) is 17.2 Å². The van der Waals surface area contributed by atoms with Gasteiger partial charge in [-0.1, -0.05) is 6.07 Å². The zero-order valence-electron chi connectivity index (χ0n) is 18.7. The van der Waals surface area contributed by atoms with E-state index in [4.69, 9.17) is 4.74 Å².